The van der Waals surface area contributed by atoms with Crippen LogP contribution in [0.25, 0.3) is 0 Å². The van der Waals surface area contributed by atoms with Crippen LogP contribution in [0.4, 0.5) is 0 Å². The fraction of sp³-hybridized carbons (Fsp3) is 0.886. The maximum Gasteiger partial charge on any atom is -0.0348 e. The molecular weight excluding hydrogens is 420 g/mol. The predicted octanol–water partition coefficient (Wildman–Crippen LogP) is 13.3. The van der Waals surface area contributed by atoms with Gasteiger partial charge in [-0.1, -0.05) is 212 Å². The van der Waals surface area contributed by atoms with Crippen molar-refractivity contribution < 1.29 is 0 Å². The van der Waals surface area contributed by atoms with E-state index in [1.54, 1.807) is 6.08 Å². The minimum atomic E-state index is 1.19. The van der Waals surface area contributed by atoms with Gasteiger partial charge < -0.3 is 0 Å². The fourth-order valence-electron chi connectivity index (χ4n) is 5.28. The maximum atomic E-state index is 5.33. The van der Waals surface area contributed by atoms with Crippen molar-refractivity contribution in [3.63, 3.8) is 0 Å². The third-order valence-corrected chi connectivity index (χ3v) is 7.72. The first kappa shape index (κ1) is 34.5. The molecule has 0 amide bonds. The zero-order valence-electron chi connectivity index (χ0n) is 24.5. The van der Waals surface area contributed by atoms with Crippen LogP contribution in [0.15, 0.2) is 18.2 Å². The van der Waals surface area contributed by atoms with Crippen molar-refractivity contribution in [1.82, 2.24) is 0 Å². The lowest BCUT2D eigenvalue weighted by Crippen LogP contribution is -1.85. The molecule has 0 atom stereocenters. The van der Waals surface area contributed by atoms with Gasteiger partial charge in [-0.3, -0.25) is 0 Å². The van der Waals surface area contributed by atoms with Crippen LogP contribution in [0.2, 0.25) is 0 Å². The Kier molecular flexibility index (Phi) is 33.0. The van der Waals surface area contributed by atoms with Crippen molar-refractivity contribution in [1.29, 1.82) is 0 Å². The second-order valence-electron chi connectivity index (χ2n) is 11.3. The van der Waals surface area contributed by atoms with Crippen LogP contribution in [0, 0.1) is 6.58 Å². The number of allylic oxidation sites excluding steroid dienone is 3. The molecule has 0 aliphatic carbocycles. The van der Waals surface area contributed by atoms with Gasteiger partial charge in [-0.05, 0) is 12.8 Å². The molecule has 0 fully saturated rings. The SMILES string of the molecule is [CH]=C/C=C/CCCCCCCCCCCCCCCCCCCCCCCCCCCCCCC. The van der Waals surface area contributed by atoms with Crippen molar-refractivity contribution in [2.75, 3.05) is 0 Å². The summed E-state index contributed by atoms with van der Waals surface area (Å²) in [4.78, 5) is 0. The number of hydrogen-bond donors (Lipinski definition) is 0. The van der Waals surface area contributed by atoms with E-state index in [0.717, 1.165) is 0 Å². The molecule has 0 aliphatic heterocycles. The van der Waals surface area contributed by atoms with Gasteiger partial charge >= 0.3 is 0 Å². The molecule has 1 radical (unpaired) electrons. The van der Waals surface area contributed by atoms with Crippen molar-refractivity contribution in [2.45, 2.75) is 200 Å². The lowest BCUT2D eigenvalue weighted by Gasteiger charge is -2.04. The molecule has 0 spiro atoms. The van der Waals surface area contributed by atoms with Crippen LogP contribution < -0.4 is 0 Å². The van der Waals surface area contributed by atoms with Gasteiger partial charge in [0.15, 0.2) is 0 Å². The second kappa shape index (κ2) is 33.5. The summed E-state index contributed by atoms with van der Waals surface area (Å²) in [5, 5.41) is 0. The molecule has 35 heavy (non-hydrogen) atoms. The van der Waals surface area contributed by atoms with E-state index in [1.807, 2.05) is 6.08 Å². The first-order valence-corrected chi connectivity index (χ1v) is 16.6. The van der Waals surface area contributed by atoms with E-state index in [2.05, 4.69) is 13.0 Å². The third kappa shape index (κ3) is 33.5. The average Bonchev–Trinajstić information content (AvgIpc) is 2.87. The summed E-state index contributed by atoms with van der Waals surface area (Å²) in [6, 6.07) is 0. The molecule has 0 aromatic rings. The van der Waals surface area contributed by atoms with E-state index in [4.69, 9.17) is 6.58 Å². The number of unbranched alkanes of at least 4 members (excludes halogenated alkanes) is 29. The minimum absolute atomic E-state index is 1.19. The predicted molar refractivity (Wildman–Crippen MR) is 162 cm³/mol. The first-order valence-electron chi connectivity index (χ1n) is 16.6. The van der Waals surface area contributed by atoms with Crippen LogP contribution in [0.3, 0.4) is 0 Å². The van der Waals surface area contributed by atoms with E-state index >= 15 is 0 Å². The fourth-order valence-corrected chi connectivity index (χ4v) is 5.28. The molecule has 0 bridgehead atoms. The van der Waals surface area contributed by atoms with Gasteiger partial charge in [0, 0.05) is 0 Å². The summed E-state index contributed by atoms with van der Waals surface area (Å²) >= 11 is 0. The quantitative estimate of drug-likeness (QED) is 0.0673. The highest BCUT2D eigenvalue weighted by molar-refractivity contribution is 4.95. The molecular formula is C35H67. The zero-order chi connectivity index (χ0) is 25.3. The van der Waals surface area contributed by atoms with Crippen LogP contribution in [-0.2, 0) is 0 Å². The largest absolute Gasteiger partial charge is 0.0845 e. The Morgan fingerprint density at radius 1 is 0.343 bits per heavy atom. The summed E-state index contributed by atoms with van der Waals surface area (Å²) in [6.07, 6.45) is 49.4. The van der Waals surface area contributed by atoms with E-state index in [0.29, 0.717) is 0 Å². The van der Waals surface area contributed by atoms with Crippen molar-refractivity contribution >= 4 is 0 Å². The summed E-state index contributed by atoms with van der Waals surface area (Å²) < 4.78 is 0. The van der Waals surface area contributed by atoms with Gasteiger partial charge in [0.25, 0.3) is 0 Å². The van der Waals surface area contributed by atoms with Crippen LogP contribution in [0.5, 0.6) is 0 Å². The van der Waals surface area contributed by atoms with Gasteiger partial charge in [-0.25, -0.2) is 0 Å². The smallest absolute Gasteiger partial charge is 0.0348 e. The molecule has 0 heterocycles. The van der Waals surface area contributed by atoms with E-state index in [-0.39, 0.29) is 0 Å². The van der Waals surface area contributed by atoms with E-state index in [9.17, 15) is 0 Å². The van der Waals surface area contributed by atoms with Crippen LogP contribution in [0.1, 0.15) is 200 Å². The molecule has 0 N–H and O–H groups in total. The summed E-state index contributed by atoms with van der Waals surface area (Å²) in [7, 11) is 0. The Bertz CT molecular complexity index is 393. The highest BCUT2D eigenvalue weighted by Crippen LogP contribution is 2.16. The Morgan fingerprint density at radius 2 is 0.571 bits per heavy atom. The second-order valence-corrected chi connectivity index (χ2v) is 11.3. The summed E-state index contributed by atoms with van der Waals surface area (Å²) in [6.45, 7) is 7.63. The Morgan fingerprint density at radius 3 is 0.800 bits per heavy atom. The van der Waals surface area contributed by atoms with E-state index in [1.165, 1.54) is 193 Å². The average molecular weight is 488 g/mol. The summed E-state index contributed by atoms with van der Waals surface area (Å²) in [5.41, 5.74) is 0. The molecule has 0 saturated heterocycles. The van der Waals surface area contributed by atoms with Gasteiger partial charge in [0.1, 0.15) is 0 Å². The molecule has 0 heteroatoms. The van der Waals surface area contributed by atoms with Gasteiger partial charge in [-0.15, -0.1) is 0 Å². The molecule has 207 valence electrons. The number of rotatable bonds is 31. The lowest BCUT2D eigenvalue weighted by molar-refractivity contribution is 0.513. The van der Waals surface area contributed by atoms with Crippen molar-refractivity contribution in [3.05, 3.63) is 24.8 Å². The first-order chi connectivity index (χ1) is 17.4. The Balaban J connectivity index is 3.02. The van der Waals surface area contributed by atoms with Gasteiger partial charge in [-0.2, -0.15) is 0 Å². The normalized spacial score (nSPS) is 11.6. The Hall–Kier alpha value is -0.520. The molecule has 0 unspecified atom stereocenters. The third-order valence-electron chi connectivity index (χ3n) is 7.72. The molecule has 0 aliphatic rings. The lowest BCUT2D eigenvalue weighted by atomic mass is 10.0. The van der Waals surface area contributed by atoms with Crippen molar-refractivity contribution in [2.24, 2.45) is 0 Å². The summed E-state index contributed by atoms with van der Waals surface area (Å²) in [5.74, 6) is 0. The molecule has 0 aromatic carbocycles. The maximum absolute atomic E-state index is 5.33. The zero-order valence-corrected chi connectivity index (χ0v) is 24.5. The molecule has 0 saturated carbocycles. The minimum Gasteiger partial charge on any atom is -0.0845 e. The standard InChI is InChI=1S/C35H67/c1-3-5-7-9-11-13-15-17-19-21-23-25-27-29-31-33-35-34-32-30-28-26-24-22-20-18-16-14-12-10-8-6-4-2/h1,3,5,7H,4,6,8-35H2,2H3/b3-1?,7-5+. The molecule has 0 aromatic heterocycles. The highest BCUT2D eigenvalue weighted by Gasteiger charge is 1.96. The Labute approximate surface area is 224 Å². The van der Waals surface area contributed by atoms with Gasteiger partial charge in [0.05, 0.1) is 0 Å². The molecule has 0 rings (SSSR count). The van der Waals surface area contributed by atoms with Crippen LogP contribution in [-0.4, -0.2) is 0 Å². The van der Waals surface area contributed by atoms with Crippen LogP contribution >= 0.6 is 0 Å². The monoisotopic (exact) mass is 488 g/mol. The van der Waals surface area contributed by atoms with Crippen molar-refractivity contribution in [3.8, 4) is 0 Å². The van der Waals surface area contributed by atoms with E-state index < -0.39 is 0 Å². The topological polar surface area (TPSA) is 0 Å². The highest BCUT2D eigenvalue weighted by atomic mass is 14.0. The van der Waals surface area contributed by atoms with Gasteiger partial charge in [0.2, 0.25) is 0 Å². The molecule has 0 nitrogen and oxygen atoms in total. The number of hydrogen-bond acceptors (Lipinski definition) is 0.